The van der Waals surface area contributed by atoms with Crippen LogP contribution >= 0.6 is 0 Å². The van der Waals surface area contributed by atoms with Gasteiger partial charge >= 0.3 is 0 Å². The van der Waals surface area contributed by atoms with Gasteiger partial charge in [0.05, 0.1) is 5.60 Å². The maximum absolute atomic E-state index is 10.3. The van der Waals surface area contributed by atoms with Crippen LogP contribution in [0, 0.1) is 0 Å². The Morgan fingerprint density at radius 3 is 2.79 bits per heavy atom. The molecule has 0 aliphatic carbocycles. The average molecular weight is 200 g/mol. The smallest absolute Gasteiger partial charge is 0.0670 e. The van der Waals surface area contributed by atoms with Gasteiger partial charge in [-0.1, -0.05) is 32.6 Å². The molecule has 1 rings (SSSR count). The van der Waals surface area contributed by atoms with Crippen LogP contribution in [-0.2, 0) is 4.74 Å². The van der Waals surface area contributed by atoms with Crippen LogP contribution in [-0.4, -0.2) is 23.9 Å². The highest BCUT2D eigenvalue weighted by Crippen LogP contribution is 2.27. The zero-order valence-electron chi connectivity index (χ0n) is 9.43. The second-order valence-electron chi connectivity index (χ2n) is 4.50. The highest BCUT2D eigenvalue weighted by atomic mass is 16.5. The van der Waals surface area contributed by atoms with Crippen LogP contribution in [0.3, 0.4) is 0 Å². The summed E-state index contributed by atoms with van der Waals surface area (Å²) < 4.78 is 5.36. The lowest BCUT2D eigenvalue weighted by Crippen LogP contribution is -2.28. The monoisotopic (exact) mass is 200 g/mol. The number of hydrogen-bond donors (Lipinski definition) is 1. The van der Waals surface area contributed by atoms with Crippen molar-refractivity contribution in [2.75, 3.05) is 13.2 Å². The summed E-state index contributed by atoms with van der Waals surface area (Å²) in [5, 5.41) is 10.3. The Morgan fingerprint density at radius 1 is 1.14 bits per heavy atom. The molecule has 1 unspecified atom stereocenters. The van der Waals surface area contributed by atoms with E-state index >= 15 is 0 Å². The summed E-state index contributed by atoms with van der Waals surface area (Å²) in [5.74, 6) is 0. The van der Waals surface area contributed by atoms with Gasteiger partial charge in [0.15, 0.2) is 0 Å². The van der Waals surface area contributed by atoms with Crippen LogP contribution < -0.4 is 0 Å². The molecule has 84 valence electrons. The Balaban J connectivity index is 2.17. The van der Waals surface area contributed by atoms with Gasteiger partial charge in [0.2, 0.25) is 0 Å². The first-order valence-electron chi connectivity index (χ1n) is 6.07. The fraction of sp³-hybridized carbons (Fsp3) is 1.00. The number of hydrogen-bond acceptors (Lipinski definition) is 2. The van der Waals surface area contributed by atoms with Gasteiger partial charge in [-0.3, -0.25) is 0 Å². The summed E-state index contributed by atoms with van der Waals surface area (Å²) in [6, 6.07) is 0. The van der Waals surface area contributed by atoms with Gasteiger partial charge in [0.25, 0.3) is 0 Å². The maximum atomic E-state index is 10.3. The predicted molar refractivity (Wildman–Crippen MR) is 58.4 cm³/mol. The number of unbranched alkanes of at least 4 members (excludes halogenated alkanes) is 3. The topological polar surface area (TPSA) is 29.5 Å². The van der Waals surface area contributed by atoms with Crippen molar-refractivity contribution in [2.45, 2.75) is 63.9 Å². The van der Waals surface area contributed by atoms with Crippen molar-refractivity contribution in [3.8, 4) is 0 Å². The third-order valence-electron chi connectivity index (χ3n) is 3.14. The Kier molecular flexibility index (Phi) is 5.49. The van der Waals surface area contributed by atoms with Crippen LogP contribution in [0.1, 0.15) is 58.3 Å². The van der Waals surface area contributed by atoms with Crippen LogP contribution in [0.15, 0.2) is 0 Å². The molecule has 0 radical (unpaired) electrons. The van der Waals surface area contributed by atoms with Crippen molar-refractivity contribution >= 4 is 0 Å². The van der Waals surface area contributed by atoms with Gasteiger partial charge in [-0.25, -0.2) is 0 Å². The van der Waals surface area contributed by atoms with Crippen molar-refractivity contribution in [1.82, 2.24) is 0 Å². The Hall–Kier alpha value is -0.0800. The normalized spacial score (nSPS) is 28.7. The highest BCUT2D eigenvalue weighted by molar-refractivity contribution is 4.79. The molecule has 0 aromatic rings. The standard InChI is InChI=1S/C12H24O2/c1-2-3-4-5-7-12(13)8-6-10-14-11-9-12/h13H,2-11H2,1H3. The third-order valence-corrected chi connectivity index (χ3v) is 3.14. The van der Waals surface area contributed by atoms with E-state index in [0.29, 0.717) is 0 Å². The number of aliphatic hydroxyl groups is 1. The van der Waals surface area contributed by atoms with E-state index in [2.05, 4.69) is 6.92 Å². The van der Waals surface area contributed by atoms with Gasteiger partial charge in [-0.05, 0) is 25.7 Å². The molecule has 1 aliphatic heterocycles. The predicted octanol–water partition coefficient (Wildman–Crippen LogP) is 2.89. The summed E-state index contributed by atoms with van der Waals surface area (Å²) in [5.41, 5.74) is -0.412. The molecule has 2 heteroatoms. The molecule has 0 spiro atoms. The first kappa shape index (κ1) is 12.0. The van der Waals surface area contributed by atoms with E-state index in [1.54, 1.807) is 0 Å². The molecule has 1 N–H and O–H groups in total. The summed E-state index contributed by atoms with van der Waals surface area (Å²) in [4.78, 5) is 0. The summed E-state index contributed by atoms with van der Waals surface area (Å²) >= 11 is 0. The van der Waals surface area contributed by atoms with Crippen molar-refractivity contribution < 1.29 is 9.84 Å². The third kappa shape index (κ3) is 4.43. The molecule has 0 bridgehead atoms. The quantitative estimate of drug-likeness (QED) is 0.691. The minimum absolute atomic E-state index is 0.412. The molecule has 14 heavy (non-hydrogen) atoms. The molecule has 0 aromatic heterocycles. The van der Waals surface area contributed by atoms with Crippen LogP contribution in [0.4, 0.5) is 0 Å². The van der Waals surface area contributed by atoms with Gasteiger partial charge in [0, 0.05) is 13.2 Å². The lowest BCUT2D eigenvalue weighted by molar-refractivity contribution is 0.00847. The van der Waals surface area contributed by atoms with Gasteiger partial charge in [0.1, 0.15) is 0 Å². The lowest BCUT2D eigenvalue weighted by Gasteiger charge is -2.25. The van der Waals surface area contributed by atoms with E-state index in [0.717, 1.165) is 38.9 Å². The molecule has 0 amide bonds. The van der Waals surface area contributed by atoms with E-state index in [-0.39, 0.29) is 0 Å². The second-order valence-corrected chi connectivity index (χ2v) is 4.50. The molecule has 1 atom stereocenters. The van der Waals surface area contributed by atoms with Crippen LogP contribution in [0.25, 0.3) is 0 Å². The van der Waals surface area contributed by atoms with E-state index < -0.39 is 5.60 Å². The van der Waals surface area contributed by atoms with E-state index in [4.69, 9.17) is 4.74 Å². The zero-order valence-corrected chi connectivity index (χ0v) is 9.43. The average Bonchev–Trinajstić information content (AvgIpc) is 2.39. The molecule has 1 heterocycles. The summed E-state index contributed by atoms with van der Waals surface area (Å²) in [6.45, 7) is 3.79. The number of ether oxygens (including phenoxy) is 1. The molecule has 1 fully saturated rings. The first-order valence-corrected chi connectivity index (χ1v) is 6.07. The van der Waals surface area contributed by atoms with Crippen LogP contribution in [0.5, 0.6) is 0 Å². The second kappa shape index (κ2) is 6.41. The Bertz CT molecular complexity index is 137. The first-order chi connectivity index (χ1) is 6.77. The van der Waals surface area contributed by atoms with Crippen molar-refractivity contribution in [3.63, 3.8) is 0 Å². The fourth-order valence-corrected chi connectivity index (χ4v) is 2.12. The molecule has 2 nitrogen and oxygen atoms in total. The van der Waals surface area contributed by atoms with Crippen LogP contribution in [0.2, 0.25) is 0 Å². The minimum Gasteiger partial charge on any atom is -0.390 e. The number of rotatable bonds is 5. The zero-order chi connectivity index (χ0) is 10.3. The Morgan fingerprint density at radius 2 is 2.00 bits per heavy atom. The largest absolute Gasteiger partial charge is 0.390 e. The van der Waals surface area contributed by atoms with Crippen molar-refractivity contribution in [3.05, 3.63) is 0 Å². The maximum Gasteiger partial charge on any atom is 0.0670 e. The molecule has 1 aliphatic rings. The summed E-state index contributed by atoms with van der Waals surface area (Å²) in [6.07, 6.45) is 8.75. The molecule has 0 aromatic carbocycles. The van der Waals surface area contributed by atoms with E-state index in [1.807, 2.05) is 0 Å². The minimum atomic E-state index is -0.412. The molecule has 0 saturated carbocycles. The van der Waals surface area contributed by atoms with Gasteiger partial charge in [-0.2, -0.15) is 0 Å². The molecular formula is C12H24O2. The van der Waals surface area contributed by atoms with Crippen molar-refractivity contribution in [1.29, 1.82) is 0 Å². The van der Waals surface area contributed by atoms with Gasteiger partial charge < -0.3 is 9.84 Å². The Labute approximate surface area is 87.7 Å². The SMILES string of the molecule is CCCCCCC1(O)CCCOCC1. The van der Waals surface area contributed by atoms with E-state index in [9.17, 15) is 5.11 Å². The van der Waals surface area contributed by atoms with Crippen molar-refractivity contribution in [2.24, 2.45) is 0 Å². The fourth-order valence-electron chi connectivity index (χ4n) is 2.12. The van der Waals surface area contributed by atoms with Gasteiger partial charge in [-0.15, -0.1) is 0 Å². The lowest BCUT2D eigenvalue weighted by atomic mass is 9.89. The highest BCUT2D eigenvalue weighted by Gasteiger charge is 2.27. The molecular weight excluding hydrogens is 176 g/mol. The van der Waals surface area contributed by atoms with E-state index in [1.165, 1.54) is 25.7 Å². The summed E-state index contributed by atoms with van der Waals surface area (Å²) in [7, 11) is 0. The molecule has 1 saturated heterocycles.